The van der Waals surface area contributed by atoms with Crippen LogP contribution in [0.3, 0.4) is 0 Å². The molecule has 18 heavy (non-hydrogen) atoms. The summed E-state index contributed by atoms with van der Waals surface area (Å²) in [7, 11) is 0. The molecule has 0 spiro atoms. The topological polar surface area (TPSA) is 96.2 Å². The first kappa shape index (κ1) is 14.3. The van der Waals surface area contributed by atoms with Gasteiger partial charge in [-0.25, -0.2) is 0 Å². The van der Waals surface area contributed by atoms with E-state index in [2.05, 4.69) is 4.98 Å². The highest BCUT2D eigenvalue weighted by Gasteiger charge is 2.10. The number of hydrogen-bond donors (Lipinski definition) is 3. The lowest BCUT2D eigenvalue weighted by molar-refractivity contribution is -0.117. The Kier molecular flexibility index (Phi) is 4.97. The van der Waals surface area contributed by atoms with Crippen LogP contribution in [-0.4, -0.2) is 21.9 Å². The van der Waals surface area contributed by atoms with Gasteiger partial charge in [0.05, 0.1) is 12.1 Å². The van der Waals surface area contributed by atoms with Crippen LogP contribution in [0.1, 0.15) is 19.0 Å². The first-order valence-electron chi connectivity index (χ1n) is 5.50. The van der Waals surface area contributed by atoms with Gasteiger partial charge in [-0.15, -0.1) is 11.6 Å². The molecule has 0 radical (unpaired) electrons. The molecule has 1 amide bonds. The van der Waals surface area contributed by atoms with E-state index in [-0.39, 0.29) is 18.0 Å². The molecule has 0 bridgehead atoms. The molecule has 0 aliphatic carbocycles. The van der Waals surface area contributed by atoms with E-state index in [1.54, 1.807) is 6.08 Å². The SMILES string of the molecule is CC/C=c1/[nH]c(CC(N)=O)c(O)c(=O)/c1=C/CCl. The number of halogens is 1. The molecule has 98 valence electrons. The number of hydrogen-bond acceptors (Lipinski definition) is 3. The lowest BCUT2D eigenvalue weighted by Gasteiger charge is -2.03. The number of aromatic nitrogens is 1. The van der Waals surface area contributed by atoms with Crippen molar-refractivity contribution in [1.29, 1.82) is 0 Å². The fourth-order valence-electron chi connectivity index (χ4n) is 1.62. The normalized spacial score (nSPS) is 13.0. The lowest BCUT2D eigenvalue weighted by Crippen LogP contribution is -2.42. The van der Waals surface area contributed by atoms with E-state index >= 15 is 0 Å². The number of nitrogens with one attached hydrogen (secondary N) is 1. The minimum Gasteiger partial charge on any atom is -0.503 e. The molecule has 0 atom stereocenters. The number of amides is 1. The second-order valence-corrected chi connectivity index (χ2v) is 4.03. The van der Waals surface area contributed by atoms with E-state index in [4.69, 9.17) is 17.3 Å². The zero-order chi connectivity index (χ0) is 13.7. The molecule has 1 aromatic rings. The number of carbonyl (C=O) groups excluding carboxylic acids is 1. The molecule has 4 N–H and O–H groups in total. The van der Waals surface area contributed by atoms with Crippen molar-refractivity contribution in [2.75, 3.05) is 5.88 Å². The van der Waals surface area contributed by atoms with Crippen molar-refractivity contribution in [2.24, 2.45) is 5.73 Å². The molecule has 1 heterocycles. The number of rotatable bonds is 4. The van der Waals surface area contributed by atoms with Gasteiger partial charge in [-0.1, -0.05) is 19.1 Å². The monoisotopic (exact) mass is 270 g/mol. The van der Waals surface area contributed by atoms with Gasteiger partial charge in [0, 0.05) is 16.4 Å². The Morgan fingerprint density at radius 3 is 2.67 bits per heavy atom. The molecular formula is C12H15ClN2O3. The van der Waals surface area contributed by atoms with Crippen molar-refractivity contribution in [3.8, 4) is 5.75 Å². The van der Waals surface area contributed by atoms with Crippen molar-refractivity contribution >= 4 is 29.7 Å². The van der Waals surface area contributed by atoms with E-state index in [1.807, 2.05) is 6.92 Å². The van der Waals surface area contributed by atoms with E-state index in [1.165, 1.54) is 6.08 Å². The van der Waals surface area contributed by atoms with Crippen LogP contribution in [0.15, 0.2) is 4.79 Å². The summed E-state index contributed by atoms with van der Waals surface area (Å²) in [4.78, 5) is 25.6. The minimum absolute atomic E-state index is 0.124. The van der Waals surface area contributed by atoms with Crippen molar-refractivity contribution < 1.29 is 9.90 Å². The summed E-state index contributed by atoms with van der Waals surface area (Å²) in [6, 6.07) is 0. The highest BCUT2D eigenvalue weighted by atomic mass is 35.5. The van der Waals surface area contributed by atoms with Gasteiger partial charge in [0.25, 0.3) is 0 Å². The van der Waals surface area contributed by atoms with Crippen LogP contribution in [0.4, 0.5) is 0 Å². The largest absolute Gasteiger partial charge is 0.503 e. The Balaban J connectivity index is 3.65. The molecule has 1 aromatic heterocycles. The van der Waals surface area contributed by atoms with Crippen molar-refractivity contribution in [2.45, 2.75) is 19.8 Å². The second kappa shape index (κ2) is 6.26. The summed E-state index contributed by atoms with van der Waals surface area (Å²) in [5, 5.41) is 10.6. The Labute approximate surface area is 109 Å². The predicted molar refractivity (Wildman–Crippen MR) is 70.8 cm³/mol. The number of carbonyl (C=O) groups is 1. The minimum atomic E-state index is -0.627. The van der Waals surface area contributed by atoms with Gasteiger partial charge in [0.15, 0.2) is 5.75 Å². The Morgan fingerprint density at radius 2 is 2.17 bits per heavy atom. The van der Waals surface area contributed by atoms with Gasteiger partial charge in [-0.05, 0) is 6.42 Å². The summed E-state index contributed by atoms with van der Waals surface area (Å²) < 4.78 is 0. The maximum absolute atomic E-state index is 11.9. The third kappa shape index (κ3) is 3.13. The quantitative estimate of drug-likeness (QED) is 0.633. The fourth-order valence-corrected chi connectivity index (χ4v) is 1.78. The Bertz CT molecular complexity index is 619. The van der Waals surface area contributed by atoms with Crippen LogP contribution in [0.2, 0.25) is 0 Å². The standard InChI is InChI=1S/C12H15ClN2O3/c1-2-3-8-7(4-5-13)11(17)12(18)9(15-8)6-10(14)16/h3-4,15,18H,2,5-6H2,1H3,(H2,14,16)/b7-4+,8-3+. The summed E-state index contributed by atoms with van der Waals surface area (Å²) >= 11 is 5.58. The molecule has 0 unspecified atom stereocenters. The smallest absolute Gasteiger partial charge is 0.230 e. The van der Waals surface area contributed by atoms with Crippen LogP contribution in [0.25, 0.3) is 12.2 Å². The van der Waals surface area contributed by atoms with Crippen LogP contribution in [0.5, 0.6) is 5.75 Å². The molecule has 0 saturated heterocycles. The second-order valence-electron chi connectivity index (χ2n) is 3.72. The zero-order valence-corrected chi connectivity index (χ0v) is 10.8. The van der Waals surface area contributed by atoms with Gasteiger partial charge >= 0.3 is 0 Å². The van der Waals surface area contributed by atoms with Gasteiger partial charge in [-0.3, -0.25) is 9.59 Å². The summed E-state index contributed by atoms with van der Waals surface area (Å²) in [6.07, 6.45) is 3.77. The molecule has 0 fully saturated rings. The number of nitrogens with two attached hydrogens (primary N) is 1. The Hall–Kier alpha value is -1.75. The number of alkyl halides is 1. The zero-order valence-electron chi connectivity index (χ0n) is 10.00. The molecule has 0 aliphatic rings. The lowest BCUT2D eigenvalue weighted by atomic mass is 10.2. The molecule has 5 nitrogen and oxygen atoms in total. The van der Waals surface area contributed by atoms with Crippen molar-refractivity contribution in [3.63, 3.8) is 0 Å². The van der Waals surface area contributed by atoms with Gasteiger partial charge in [-0.2, -0.15) is 0 Å². The highest BCUT2D eigenvalue weighted by molar-refractivity contribution is 6.20. The summed E-state index contributed by atoms with van der Waals surface area (Å²) in [5.74, 6) is -0.960. The third-order valence-corrected chi connectivity index (χ3v) is 2.52. The highest BCUT2D eigenvalue weighted by Crippen LogP contribution is 2.04. The van der Waals surface area contributed by atoms with E-state index in [0.29, 0.717) is 17.0 Å². The average molecular weight is 271 g/mol. The van der Waals surface area contributed by atoms with Gasteiger partial charge < -0.3 is 15.8 Å². The van der Waals surface area contributed by atoms with Crippen LogP contribution >= 0.6 is 11.6 Å². The number of aromatic hydroxyl groups is 1. The van der Waals surface area contributed by atoms with Crippen LogP contribution in [-0.2, 0) is 11.2 Å². The fraction of sp³-hybridized carbons (Fsp3) is 0.333. The summed E-state index contributed by atoms with van der Waals surface area (Å²) in [6.45, 7) is 1.91. The molecule has 1 rings (SSSR count). The molecular weight excluding hydrogens is 256 g/mol. The first-order valence-corrected chi connectivity index (χ1v) is 6.03. The maximum atomic E-state index is 11.9. The van der Waals surface area contributed by atoms with Crippen molar-refractivity contribution in [3.05, 3.63) is 26.5 Å². The van der Waals surface area contributed by atoms with Crippen LogP contribution < -0.4 is 21.7 Å². The van der Waals surface area contributed by atoms with E-state index < -0.39 is 17.1 Å². The number of H-pyrrole nitrogens is 1. The first-order chi connectivity index (χ1) is 8.51. The summed E-state index contributed by atoms with van der Waals surface area (Å²) in [5.41, 5.74) is 4.63. The van der Waals surface area contributed by atoms with Crippen molar-refractivity contribution in [1.82, 2.24) is 4.98 Å². The van der Waals surface area contributed by atoms with E-state index in [0.717, 1.165) is 0 Å². The molecule has 0 aromatic carbocycles. The van der Waals surface area contributed by atoms with Gasteiger partial charge in [0.2, 0.25) is 11.3 Å². The third-order valence-electron chi connectivity index (χ3n) is 2.36. The molecule has 0 saturated carbocycles. The molecule has 6 heteroatoms. The van der Waals surface area contributed by atoms with Gasteiger partial charge in [0.1, 0.15) is 0 Å². The number of primary amides is 1. The number of aromatic amines is 1. The molecule has 0 aliphatic heterocycles. The maximum Gasteiger partial charge on any atom is 0.230 e. The number of pyridine rings is 1. The average Bonchev–Trinajstić information content (AvgIpc) is 2.30. The Morgan fingerprint density at radius 1 is 1.50 bits per heavy atom. The predicted octanol–water partition coefficient (Wildman–Crippen LogP) is -0.682. The van der Waals surface area contributed by atoms with Crippen LogP contribution in [0, 0.1) is 0 Å². The van der Waals surface area contributed by atoms with E-state index in [9.17, 15) is 14.7 Å².